The van der Waals surface area contributed by atoms with E-state index < -0.39 is 0 Å². The van der Waals surface area contributed by atoms with E-state index in [0.717, 1.165) is 0 Å². The molecule has 0 heterocycles. The number of carbonyl (C=O) groups is 1. The number of rotatable bonds is 6. The Morgan fingerprint density at radius 3 is 2.57 bits per heavy atom. The molecule has 4 nitrogen and oxygen atoms in total. The molecule has 0 saturated carbocycles. The van der Waals surface area contributed by atoms with Crippen LogP contribution in [-0.2, 0) is 9.53 Å². The van der Waals surface area contributed by atoms with Crippen molar-refractivity contribution in [2.45, 2.75) is 24.7 Å². The third-order valence-corrected chi connectivity index (χ3v) is 2.92. The van der Waals surface area contributed by atoms with Gasteiger partial charge in [-0.25, -0.2) is 0 Å². The van der Waals surface area contributed by atoms with Crippen molar-refractivity contribution >= 4 is 21.9 Å². The maximum absolute atomic E-state index is 11.0. The molecule has 0 saturated heterocycles. The van der Waals surface area contributed by atoms with Crippen molar-refractivity contribution in [2.24, 2.45) is 5.92 Å². The van der Waals surface area contributed by atoms with Gasteiger partial charge in [0.2, 0.25) is 0 Å². The van der Waals surface area contributed by atoms with Crippen molar-refractivity contribution < 1.29 is 14.6 Å². The van der Waals surface area contributed by atoms with Gasteiger partial charge in [-0.2, -0.15) is 0 Å². The fraction of sp³-hybridized carbons (Fsp3) is 0.889. The van der Waals surface area contributed by atoms with Gasteiger partial charge in [-0.15, -0.1) is 0 Å². The van der Waals surface area contributed by atoms with E-state index in [4.69, 9.17) is 5.11 Å². The minimum absolute atomic E-state index is 0.138. The van der Waals surface area contributed by atoms with Gasteiger partial charge in [0, 0.05) is 19.2 Å². The second-order valence-corrected chi connectivity index (χ2v) is 4.45. The van der Waals surface area contributed by atoms with Gasteiger partial charge in [0.1, 0.15) is 4.83 Å². The fourth-order valence-electron chi connectivity index (χ4n) is 0.860. The zero-order valence-corrected chi connectivity index (χ0v) is 10.4. The van der Waals surface area contributed by atoms with E-state index in [0.29, 0.717) is 6.54 Å². The first kappa shape index (κ1) is 13.9. The summed E-state index contributed by atoms with van der Waals surface area (Å²) in [5, 5.41) is 12.0. The highest BCUT2D eigenvalue weighted by Gasteiger charge is 2.17. The highest BCUT2D eigenvalue weighted by molar-refractivity contribution is 9.10. The van der Waals surface area contributed by atoms with Crippen molar-refractivity contribution in [1.82, 2.24) is 5.32 Å². The Morgan fingerprint density at radius 1 is 1.57 bits per heavy atom. The van der Waals surface area contributed by atoms with E-state index in [2.05, 4.69) is 26.0 Å². The zero-order chi connectivity index (χ0) is 11.1. The Kier molecular flexibility index (Phi) is 7.13. The van der Waals surface area contributed by atoms with Crippen molar-refractivity contribution in [1.29, 1.82) is 0 Å². The summed E-state index contributed by atoms with van der Waals surface area (Å²) in [5.41, 5.74) is 0. The molecule has 0 aliphatic heterocycles. The fourth-order valence-corrected chi connectivity index (χ4v) is 1.23. The molecule has 0 aliphatic carbocycles. The van der Waals surface area contributed by atoms with Crippen molar-refractivity contribution in [2.75, 3.05) is 20.3 Å². The predicted molar refractivity (Wildman–Crippen MR) is 58.4 cm³/mol. The topological polar surface area (TPSA) is 58.6 Å². The van der Waals surface area contributed by atoms with Crippen LogP contribution in [-0.4, -0.2) is 42.2 Å². The van der Waals surface area contributed by atoms with Gasteiger partial charge in [0.25, 0.3) is 0 Å². The van der Waals surface area contributed by atoms with Crippen LogP contribution in [0.2, 0.25) is 0 Å². The Hall–Kier alpha value is -0.130. The molecule has 2 N–H and O–H groups in total. The molecular formula is C9H18BrNO3. The van der Waals surface area contributed by atoms with E-state index in [9.17, 15) is 4.79 Å². The van der Waals surface area contributed by atoms with Crippen LogP contribution in [0, 0.1) is 5.92 Å². The van der Waals surface area contributed by atoms with Crippen molar-refractivity contribution in [3.63, 3.8) is 0 Å². The molecule has 0 aromatic heterocycles. The van der Waals surface area contributed by atoms with Crippen LogP contribution in [0.3, 0.4) is 0 Å². The molecule has 0 aromatic rings. The van der Waals surface area contributed by atoms with E-state index in [-0.39, 0.29) is 29.4 Å². The van der Waals surface area contributed by atoms with Crippen LogP contribution in [0.5, 0.6) is 0 Å². The molecule has 0 aromatic carbocycles. The molecule has 14 heavy (non-hydrogen) atoms. The highest BCUT2D eigenvalue weighted by atomic mass is 79.9. The first-order chi connectivity index (χ1) is 6.52. The van der Waals surface area contributed by atoms with Crippen LogP contribution in [0.25, 0.3) is 0 Å². The number of aliphatic hydroxyl groups is 1. The van der Waals surface area contributed by atoms with Gasteiger partial charge in [-0.05, 0) is 12.8 Å². The van der Waals surface area contributed by atoms with Crippen LogP contribution in [0.4, 0.5) is 0 Å². The molecule has 0 bridgehead atoms. The number of ether oxygens (including phenoxy) is 1. The molecule has 3 atom stereocenters. The first-order valence-corrected chi connectivity index (χ1v) is 5.50. The smallest absolute Gasteiger partial charge is 0.320 e. The van der Waals surface area contributed by atoms with Crippen molar-refractivity contribution in [3.05, 3.63) is 0 Å². The average Bonchev–Trinajstić information content (AvgIpc) is 2.22. The molecule has 0 amide bonds. The quantitative estimate of drug-likeness (QED) is 0.545. The standard InChI is InChI=1S/C9H18BrNO3/c1-6(5-12)7(2)11-4-8(10)9(13)14-3/h6-8,11-12H,4-5H2,1-3H3. The second kappa shape index (κ2) is 7.20. The summed E-state index contributed by atoms with van der Waals surface area (Å²) in [5.74, 6) is -0.117. The molecule has 0 radical (unpaired) electrons. The second-order valence-electron chi connectivity index (χ2n) is 3.35. The van der Waals surface area contributed by atoms with Gasteiger partial charge < -0.3 is 15.2 Å². The molecule has 0 spiro atoms. The number of hydrogen-bond donors (Lipinski definition) is 2. The van der Waals surface area contributed by atoms with Crippen LogP contribution < -0.4 is 5.32 Å². The number of hydrogen-bond acceptors (Lipinski definition) is 4. The van der Waals surface area contributed by atoms with Gasteiger partial charge in [0.15, 0.2) is 0 Å². The lowest BCUT2D eigenvalue weighted by Crippen LogP contribution is -2.39. The Labute approximate surface area is 93.1 Å². The lowest BCUT2D eigenvalue weighted by Gasteiger charge is -2.20. The van der Waals surface area contributed by atoms with Gasteiger partial charge in [0.05, 0.1) is 7.11 Å². The van der Waals surface area contributed by atoms with Crippen LogP contribution in [0.1, 0.15) is 13.8 Å². The normalized spacial score (nSPS) is 17.2. The first-order valence-electron chi connectivity index (χ1n) is 4.59. The third kappa shape index (κ3) is 4.93. The SMILES string of the molecule is COC(=O)C(Br)CNC(C)C(C)CO. The lowest BCUT2D eigenvalue weighted by atomic mass is 10.1. The summed E-state index contributed by atoms with van der Waals surface area (Å²) in [6.45, 7) is 4.55. The molecule has 5 heteroatoms. The minimum atomic E-state index is -0.333. The average molecular weight is 268 g/mol. The summed E-state index contributed by atoms with van der Waals surface area (Å²) < 4.78 is 4.56. The monoisotopic (exact) mass is 267 g/mol. The van der Waals surface area contributed by atoms with E-state index in [1.807, 2.05) is 13.8 Å². The molecule has 0 fully saturated rings. The summed E-state index contributed by atoms with van der Waals surface area (Å²) in [4.78, 5) is 10.7. The summed E-state index contributed by atoms with van der Waals surface area (Å²) in [6.07, 6.45) is 0. The largest absolute Gasteiger partial charge is 0.468 e. The number of alkyl halides is 1. The Bertz CT molecular complexity index is 177. The van der Waals surface area contributed by atoms with Gasteiger partial charge >= 0.3 is 5.97 Å². The molecular weight excluding hydrogens is 250 g/mol. The maximum atomic E-state index is 11.0. The van der Waals surface area contributed by atoms with Crippen LogP contribution >= 0.6 is 15.9 Å². The number of esters is 1. The zero-order valence-electron chi connectivity index (χ0n) is 8.79. The Morgan fingerprint density at radius 2 is 2.14 bits per heavy atom. The van der Waals surface area contributed by atoms with E-state index in [1.165, 1.54) is 7.11 Å². The number of carbonyl (C=O) groups excluding carboxylic acids is 1. The number of nitrogens with one attached hydrogen (secondary N) is 1. The molecule has 0 rings (SSSR count). The van der Waals surface area contributed by atoms with Gasteiger partial charge in [-0.1, -0.05) is 22.9 Å². The number of methoxy groups -OCH3 is 1. The summed E-state index contributed by atoms with van der Waals surface area (Å²) in [6, 6.07) is 0.171. The molecule has 3 unspecified atom stereocenters. The van der Waals surface area contributed by atoms with E-state index in [1.54, 1.807) is 0 Å². The molecule has 0 aliphatic rings. The maximum Gasteiger partial charge on any atom is 0.320 e. The summed E-state index contributed by atoms with van der Waals surface area (Å²) in [7, 11) is 1.36. The minimum Gasteiger partial charge on any atom is -0.468 e. The highest BCUT2D eigenvalue weighted by Crippen LogP contribution is 2.04. The molecule has 84 valence electrons. The summed E-state index contributed by atoms with van der Waals surface area (Å²) >= 11 is 3.20. The lowest BCUT2D eigenvalue weighted by molar-refractivity contribution is -0.139. The predicted octanol–water partition coefficient (Wildman–Crippen LogP) is 0.529. The van der Waals surface area contributed by atoms with Crippen LogP contribution in [0.15, 0.2) is 0 Å². The number of halogens is 1. The van der Waals surface area contributed by atoms with Gasteiger partial charge in [-0.3, -0.25) is 4.79 Å². The van der Waals surface area contributed by atoms with Crippen molar-refractivity contribution in [3.8, 4) is 0 Å². The third-order valence-electron chi connectivity index (χ3n) is 2.22. The van der Waals surface area contributed by atoms with E-state index >= 15 is 0 Å². The number of aliphatic hydroxyl groups excluding tert-OH is 1. The Balaban J connectivity index is 3.76.